The molecule has 0 aliphatic rings. The molecule has 5 heteroatoms. The van der Waals surface area contributed by atoms with Gasteiger partial charge in [0, 0.05) is 0 Å². The van der Waals surface area contributed by atoms with Crippen LogP contribution in [0.25, 0.3) is 10.8 Å². The number of halogens is 4. The van der Waals surface area contributed by atoms with Gasteiger partial charge in [0.15, 0.2) is 0 Å². The third-order valence-corrected chi connectivity index (χ3v) is 2.50. The first-order chi connectivity index (χ1) is 8.49. The summed E-state index contributed by atoms with van der Waals surface area (Å²) in [5.74, 6) is 0. The maximum atomic E-state index is 12.6. The fourth-order valence-electron chi connectivity index (χ4n) is 1.57. The maximum absolute atomic E-state index is 12.6. The van der Waals surface area contributed by atoms with Crippen molar-refractivity contribution in [2.24, 2.45) is 0 Å². The van der Waals surface area contributed by atoms with Crippen LogP contribution in [-0.4, -0.2) is 12.5 Å². The highest BCUT2D eigenvalue weighted by molar-refractivity contribution is 5.82. The van der Waals surface area contributed by atoms with Gasteiger partial charge in [-0.15, -0.1) is 0 Å². The predicted molar refractivity (Wildman–Crippen MR) is 59.7 cm³/mol. The molecule has 2 aromatic carbocycles. The molecule has 0 saturated heterocycles. The molecule has 0 aromatic heterocycles. The Morgan fingerprint density at radius 2 is 1.67 bits per heavy atom. The summed E-state index contributed by atoms with van der Waals surface area (Å²) in [7, 11) is 0. The molecule has 0 amide bonds. The van der Waals surface area contributed by atoms with Crippen LogP contribution in [0.5, 0.6) is 0 Å². The van der Waals surface area contributed by atoms with E-state index in [0.717, 1.165) is 10.8 Å². The summed E-state index contributed by atoms with van der Waals surface area (Å²) in [6.07, 6.45) is -8.23. The van der Waals surface area contributed by atoms with Crippen molar-refractivity contribution in [3.63, 3.8) is 0 Å². The normalized spacial score (nSPS) is 12.3. The monoisotopic (exact) mass is 258 g/mol. The Kier molecular flexibility index (Phi) is 3.52. The average molecular weight is 258 g/mol. The van der Waals surface area contributed by atoms with Crippen molar-refractivity contribution < 1.29 is 22.3 Å². The summed E-state index contributed by atoms with van der Waals surface area (Å²) in [4.78, 5) is 0. The summed E-state index contributed by atoms with van der Waals surface area (Å²) in [5, 5.41) is 1.79. The van der Waals surface area contributed by atoms with Gasteiger partial charge in [0.1, 0.15) is 0 Å². The minimum absolute atomic E-state index is 0.425. The maximum Gasteiger partial charge on any atom is 0.416 e. The molecule has 0 unspecified atom stereocenters. The second-order valence-corrected chi connectivity index (χ2v) is 3.83. The van der Waals surface area contributed by atoms with E-state index in [0.29, 0.717) is 5.56 Å². The van der Waals surface area contributed by atoms with E-state index < -0.39 is 19.1 Å². The lowest BCUT2D eigenvalue weighted by molar-refractivity contribution is -0.305. The molecule has 0 aliphatic heterocycles. The van der Waals surface area contributed by atoms with Crippen LogP contribution in [0.2, 0.25) is 0 Å². The molecule has 0 aliphatic carbocycles. The zero-order valence-corrected chi connectivity index (χ0v) is 9.25. The quantitative estimate of drug-likeness (QED) is 0.746. The summed E-state index contributed by atoms with van der Waals surface area (Å²) >= 11 is 0. The van der Waals surface area contributed by atoms with Crippen molar-refractivity contribution in [1.29, 1.82) is 0 Å². The van der Waals surface area contributed by atoms with Crippen molar-refractivity contribution >= 4 is 10.8 Å². The third-order valence-electron chi connectivity index (χ3n) is 2.50. The molecular formula is C13H10F4O. The number of fused-ring (bicyclic) bond motifs is 1. The second kappa shape index (κ2) is 4.94. The highest BCUT2D eigenvalue weighted by Crippen LogP contribution is 2.26. The molecule has 0 radical (unpaired) electrons. The van der Waals surface area contributed by atoms with E-state index in [-0.39, 0.29) is 0 Å². The highest BCUT2D eigenvalue weighted by atomic mass is 19.3. The molecule has 18 heavy (non-hydrogen) atoms. The van der Waals surface area contributed by atoms with Gasteiger partial charge in [-0.25, -0.2) is 8.78 Å². The first kappa shape index (κ1) is 12.8. The highest BCUT2D eigenvalue weighted by Gasteiger charge is 2.42. The largest absolute Gasteiger partial charge is 0.416 e. The molecule has 0 heterocycles. The number of rotatable bonds is 4. The van der Waals surface area contributed by atoms with E-state index in [1.807, 2.05) is 18.2 Å². The smallest absolute Gasteiger partial charge is 0.311 e. The Bertz CT molecular complexity index is 539. The molecule has 0 spiro atoms. The first-order valence-corrected chi connectivity index (χ1v) is 5.26. The summed E-state index contributed by atoms with van der Waals surface area (Å²) in [5.41, 5.74) is 0.425. The fraction of sp³-hybridized carbons (Fsp3) is 0.231. The molecule has 0 atom stereocenters. The minimum Gasteiger partial charge on any atom is -0.311 e. The topological polar surface area (TPSA) is 9.23 Å². The van der Waals surface area contributed by atoms with Gasteiger partial charge < -0.3 is 4.74 Å². The Balaban J connectivity index is 2.13. The van der Waals surface area contributed by atoms with Crippen LogP contribution in [0.15, 0.2) is 42.5 Å². The molecule has 2 rings (SSSR count). The third kappa shape index (κ3) is 2.79. The number of alkyl halides is 4. The van der Waals surface area contributed by atoms with Crippen LogP contribution in [0.1, 0.15) is 5.56 Å². The van der Waals surface area contributed by atoms with Gasteiger partial charge in [-0.2, -0.15) is 8.78 Å². The van der Waals surface area contributed by atoms with Crippen molar-refractivity contribution in [3.8, 4) is 0 Å². The van der Waals surface area contributed by atoms with Crippen molar-refractivity contribution in [2.75, 3.05) is 0 Å². The SMILES string of the molecule is FC(F)C(F)(F)OCc1ccc2ccccc2c1. The Morgan fingerprint density at radius 1 is 1.00 bits per heavy atom. The van der Waals surface area contributed by atoms with Gasteiger partial charge in [0.25, 0.3) is 0 Å². The van der Waals surface area contributed by atoms with Crippen molar-refractivity contribution in [2.45, 2.75) is 19.1 Å². The van der Waals surface area contributed by atoms with E-state index in [1.54, 1.807) is 24.3 Å². The molecule has 0 fully saturated rings. The van der Waals surface area contributed by atoms with E-state index in [1.165, 1.54) is 0 Å². The van der Waals surface area contributed by atoms with E-state index in [2.05, 4.69) is 4.74 Å². The Hall–Kier alpha value is -1.62. The van der Waals surface area contributed by atoms with Crippen LogP contribution in [0.3, 0.4) is 0 Å². The number of ether oxygens (including phenoxy) is 1. The van der Waals surface area contributed by atoms with Crippen LogP contribution in [0, 0.1) is 0 Å². The first-order valence-electron chi connectivity index (χ1n) is 5.26. The van der Waals surface area contributed by atoms with Gasteiger partial charge >= 0.3 is 12.5 Å². The lowest BCUT2D eigenvalue weighted by Crippen LogP contribution is -2.29. The van der Waals surface area contributed by atoms with Gasteiger partial charge in [-0.1, -0.05) is 36.4 Å². The molecule has 2 aromatic rings. The lowest BCUT2D eigenvalue weighted by atomic mass is 10.1. The fourth-order valence-corrected chi connectivity index (χ4v) is 1.57. The second-order valence-electron chi connectivity index (χ2n) is 3.83. The van der Waals surface area contributed by atoms with Crippen LogP contribution < -0.4 is 0 Å². The van der Waals surface area contributed by atoms with Crippen LogP contribution in [0.4, 0.5) is 17.6 Å². The van der Waals surface area contributed by atoms with Gasteiger partial charge in [-0.3, -0.25) is 0 Å². The molecule has 1 nitrogen and oxygen atoms in total. The zero-order chi connectivity index (χ0) is 13.2. The van der Waals surface area contributed by atoms with Gasteiger partial charge in [0.05, 0.1) is 6.61 Å². The standard InChI is InChI=1S/C13H10F4O/c14-12(15)13(16,17)18-8-9-5-6-10-3-1-2-4-11(10)7-9/h1-7,12H,8H2. The molecule has 0 N–H and O–H groups in total. The van der Waals surface area contributed by atoms with Crippen LogP contribution in [-0.2, 0) is 11.3 Å². The number of benzene rings is 2. The molecule has 96 valence electrons. The van der Waals surface area contributed by atoms with Crippen LogP contribution >= 0.6 is 0 Å². The zero-order valence-electron chi connectivity index (χ0n) is 9.25. The summed E-state index contributed by atoms with van der Waals surface area (Å²) in [6.45, 7) is -0.553. The Morgan fingerprint density at radius 3 is 2.33 bits per heavy atom. The molecule has 0 bridgehead atoms. The van der Waals surface area contributed by atoms with Gasteiger partial charge in [0.2, 0.25) is 0 Å². The van der Waals surface area contributed by atoms with E-state index in [9.17, 15) is 17.6 Å². The molecule has 0 saturated carbocycles. The Labute approximate surface area is 101 Å². The predicted octanol–water partition coefficient (Wildman–Crippen LogP) is 4.21. The van der Waals surface area contributed by atoms with E-state index >= 15 is 0 Å². The summed E-state index contributed by atoms with van der Waals surface area (Å²) in [6, 6.07) is 12.3. The molecular weight excluding hydrogens is 248 g/mol. The summed E-state index contributed by atoms with van der Waals surface area (Å²) < 4.78 is 52.9. The average Bonchev–Trinajstić information content (AvgIpc) is 2.36. The van der Waals surface area contributed by atoms with Gasteiger partial charge in [-0.05, 0) is 22.4 Å². The lowest BCUT2D eigenvalue weighted by Gasteiger charge is -2.15. The minimum atomic E-state index is -4.41. The van der Waals surface area contributed by atoms with Crippen molar-refractivity contribution in [1.82, 2.24) is 0 Å². The van der Waals surface area contributed by atoms with E-state index in [4.69, 9.17) is 0 Å². The van der Waals surface area contributed by atoms with Crippen molar-refractivity contribution in [3.05, 3.63) is 48.0 Å². The number of hydrogen-bond donors (Lipinski definition) is 0. The number of hydrogen-bond acceptors (Lipinski definition) is 1.